The predicted octanol–water partition coefficient (Wildman–Crippen LogP) is 3.24. The molecule has 1 atom stereocenters. The van der Waals surface area contributed by atoms with Crippen LogP contribution in [0, 0.1) is 0 Å². The van der Waals surface area contributed by atoms with Gasteiger partial charge < -0.3 is 10.4 Å². The second-order valence-corrected chi connectivity index (χ2v) is 5.66. The molecule has 1 saturated carbocycles. The highest BCUT2D eigenvalue weighted by Crippen LogP contribution is 2.23. The van der Waals surface area contributed by atoms with Gasteiger partial charge in [-0.2, -0.15) is 0 Å². The van der Waals surface area contributed by atoms with Crippen molar-refractivity contribution in [2.45, 2.75) is 83.2 Å². The van der Waals surface area contributed by atoms with Gasteiger partial charge in [-0.1, -0.05) is 45.4 Å². The normalized spacial score (nSPS) is 21.2. The Bertz CT molecular complexity index is 178. The summed E-state index contributed by atoms with van der Waals surface area (Å²) in [5.74, 6) is 0. The third-order valence-corrected chi connectivity index (χ3v) is 3.84. The summed E-state index contributed by atoms with van der Waals surface area (Å²) in [7, 11) is 0. The predicted molar refractivity (Wildman–Crippen MR) is 69.6 cm³/mol. The molecule has 0 bridgehead atoms. The van der Waals surface area contributed by atoms with E-state index in [0.717, 1.165) is 6.42 Å². The quantitative estimate of drug-likeness (QED) is 0.624. The van der Waals surface area contributed by atoms with Gasteiger partial charge in [0, 0.05) is 11.6 Å². The third-order valence-electron chi connectivity index (χ3n) is 3.84. The number of unbranched alkanes of at least 4 members (excludes halogenated alkanes) is 3. The zero-order valence-corrected chi connectivity index (χ0v) is 11.1. The molecular formula is C14H29NO. The lowest BCUT2D eigenvalue weighted by Gasteiger charge is -2.32. The van der Waals surface area contributed by atoms with Crippen LogP contribution in [-0.2, 0) is 0 Å². The molecule has 16 heavy (non-hydrogen) atoms. The molecule has 1 fully saturated rings. The fourth-order valence-electron chi connectivity index (χ4n) is 2.70. The van der Waals surface area contributed by atoms with E-state index in [-0.39, 0.29) is 12.1 Å². The molecule has 2 N–H and O–H groups in total. The highest BCUT2D eigenvalue weighted by molar-refractivity contribution is 4.88. The summed E-state index contributed by atoms with van der Waals surface area (Å²) >= 11 is 0. The van der Waals surface area contributed by atoms with Gasteiger partial charge in [0.15, 0.2) is 0 Å². The maximum absolute atomic E-state index is 9.54. The zero-order valence-electron chi connectivity index (χ0n) is 11.1. The van der Waals surface area contributed by atoms with E-state index >= 15 is 0 Å². The maximum Gasteiger partial charge on any atom is 0.0610 e. The van der Waals surface area contributed by atoms with Crippen molar-refractivity contribution in [3.05, 3.63) is 0 Å². The first kappa shape index (κ1) is 14.0. The fraction of sp³-hybridized carbons (Fsp3) is 1.00. The van der Waals surface area contributed by atoms with Crippen molar-refractivity contribution < 1.29 is 5.11 Å². The molecule has 1 aliphatic rings. The van der Waals surface area contributed by atoms with Gasteiger partial charge in [0.25, 0.3) is 0 Å². The Morgan fingerprint density at radius 2 is 1.88 bits per heavy atom. The SMILES string of the molecule is CCCCCCC(C)(CO)NC1CCCC1. The summed E-state index contributed by atoms with van der Waals surface area (Å²) in [6, 6.07) is 0.656. The van der Waals surface area contributed by atoms with Crippen molar-refractivity contribution in [3.8, 4) is 0 Å². The minimum absolute atomic E-state index is 0.0389. The van der Waals surface area contributed by atoms with Crippen molar-refractivity contribution in [1.82, 2.24) is 5.32 Å². The molecule has 0 aromatic carbocycles. The lowest BCUT2D eigenvalue weighted by Crippen LogP contribution is -2.50. The summed E-state index contributed by atoms with van der Waals surface area (Å²) < 4.78 is 0. The monoisotopic (exact) mass is 227 g/mol. The Morgan fingerprint density at radius 3 is 2.44 bits per heavy atom. The van der Waals surface area contributed by atoms with Crippen molar-refractivity contribution in [1.29, 1.82) is 0 Å². The van der Waals surface area contributed by atoms with Crippen molar-refractivity contribution in [3.63, 3.8) is 0 Å². The summed E-state index contributed by atoms with van der Waals surface area (Å²) in [5, 5.41) is 13.2. The van der Waals surface area contributed by atoms with E-state index in [2.05, 4.69) is 19.2 Å². The van der Waals surface area contributed by atoms with E-state index < -0.39 is 0 Å². The Hall–Kier alpha value is -0.0800. The van der Waals surface area contributed by atoms with E-state index in [1.165, 1.54) is 51.4 Å². The van der Waals surface area contributed by atoms with Gasteiger partial charge in [-0.05, 0) is 26.2 Å². The highest BCUT2D eigenvalue weighted by atomic mass is 16.3. The smallest absolute Gasteiger partial charge is 0.0610 e. The van der Waals surface area contributed by atoms with Crippen molar-refractivity contribution >= 4 is 0 Å². The van der Waals surface area contributed by atoms with E-state index in [1.807, 2.05) is 0 Å². The van der Waals surface area contributed by atoms with E-state index in [9.17, 15) is 5.11 Å². The zero-order chi connectivity index (χ0) is 11.9. The van der Waals surface area contributed by atoms with Gasteiger partial charge in [0.05, 0.1) is 6.61 Å². The van der Waals surface area contributed by atoms with Crippen LogP contribution in [0.4, 0.5) is 0 Å². The minimum Gasteiger partial charge on any atom is -0.394 e. The summed E-state index contributed by atoms with van der Waals surface area (Å²) in [5.41, 5.74) is -0.0389. The Balaban J connectivity index is 2.24. The second-order valence-electron chi connectivity index (χ2n) is 5.66. The van der Waals surface area contributed by atoms with Gasteiger partial charge >= 0.3 is 0 Å². The van der Waals surface area contributed by atoms with Crippen LogP contribution in [0.15, 0.2) is 0 Å². The molecule has 0 aromatic heterocycles. The molecule has 0 aliphatic heterocycles. The number of aliphatic hydroxyl groups is 1. The standard InChI is InChI=1S/C14H29NO/c1-3-4-5-8-11-14(2,12-16)15-13-9-6-7-10-13/h13,15-16H,3-12H2,1-2H3. The van der Waals surface area contributed by atoms with Crippen LogP contribution >= 0.6 is 0 Å². The van der Waals surface area contributed by atoms with E-state index in [0.29, 0.717) is 6.04 Å². The van der Waals surface area contributed by atoms with Crippen LogP contribution in [0.25, 0.3) is 0 Å². The number of rotatable bonds is 8. The average Bonchev–Trinajstić information content (AvgIpc) is 2.77. The van der Waals surface area contributed by atoms with Crippen molar-refractivity contribution in [2.24, 2.45) is 0 Å². The van der Waals surface area contributed by atoms with Gasteiger partial charge in [-0.3, -0.25) is 0 Å². The summed E-state index contributed by atoms with van der Waals surface area (Å²) in [6.07, 6.45) is 11.6. The first-order chi connectivity index (χ1) is 7.70. The Kier molecular flexibility index (Phi) is 6.37. The Morgan fingerprint density at radius 1 is 1.19 bits per heavy atom. The summed E-state index contributed by atoms with van der Waals surface area (Å²) in [4.78, 5) is 0. The molecule has 0 aromatic rings. The van der Waals surface area contributed by atoms with Crippen LogP contribution in [-0.4, -0.2) is 23.3 Å². The first-order valence-corrected chi connectivity index (χ1v) is 7.09. The molecule has 2 nitrogen and oxygen atoms in total. The minimum atomic E-state index is -0.0389. The number of aliphatic hydroxyl groups excluding tert-OH is 1. The van der Waals surface area contributed by atoms with Gasteiger partial charge in [0.1, 0.15) is 0 Å². The van der Waals surface area contributed by atoms with Crippen LogP contribution < -0.4 is 5.32 Å². The molecule has 2 heteroatoms. The molecule has 96 valence electrons. The number of hydrogen-bond acceptors (Lipinski definition) is 2. The largest absolute Gasteiger partial charge is 0.394 e. The Labute approximate surface area is 101 Å². The van der Waals surface area contributed by atoms with Crippen LogP contribution in [0.3, 0.4) is 0 Å². The van der Waals surface area contributed by atoms with Crippen LogP contribution in [0.1, 0.15) is 71.6 Å². The highest BCUT2D eigenvalue weighted by Gasteiger charge is 2.27. The molecule has 1 aliphatic carbocycles. The maximum atomic E-state index is 9.54. The van der Waals surface area contributed by atoms with E-state index in [4.69, 9.17) is 0 Å². The second kappa shape index (κ2) is 7.29. The molecule has 1 unspecified atom stereocenters. The third kappa shape index (κ3) is 4.84. The lowest BCUT2D eigenvalue weighted by atomic mass is 9.93. The first-order valence-electron chi connectivity index (χ1n) is 7.09. The van der Waals surface area contributed by atoms with E-state index in [1.54, 1.807) is 0 Å². The molecular weight excluding hydrogens is 198 g/mol. The van der Waals surface area contributed by atoms with Crippen LogP contribution in [0.2, 0.25) is 0 Å². The molecule has 0 radical (unpaired) electrons. The number of nitrogens with one attached hydrogen (secondary N) is 1. The molecule has 1 rings (SSSR count). The topological polar surface area (TPSA) is 32.3 Å². The van der Waals surface area contributed by atoms with Gasteiger partial charge in [-0.25, -0.2) is 0 Å². The van der Waals surface area contributed by atoms with Gasteiger partial charge in [-0.15, -0.1) is 0 Å². The van der Waals surface area contributed by atoms with Crippen molar-refractivity contribution in [2.75, 3.05) is 6.61 Å². The lowest BCUT2D eigenvalue weighted by molar-refractivity contribution is 0.149. The summed E-state index contributed by atoms with van der Waals surface area (Å²) in [6.45, 7) is 4.69. The average molecular weight is 227 g/mol. The number of hydrogen-bond donors (Lipinski definition) is 2. The van der Waals surface area contributed by atoms with Crippen LogP contribution in [0.5, 0.6) is 0 Å². The fourth-order valence-corrected chi connectivity index (χ4v) is 2.70. The molecule has 0 saturated heterocycles. The van der Waals surface area contributed by atoms with Gasteiger partial charge in [0.2, 0.25) is 0 Å². The molecule has 0 heterocycles. The molecule has 0 spiro atoms. The molecule has 0 amide bonds.